The minimum absolute atomic E-state index is 0.00863. The first-order chi connectivity index (χ1) is 10.2. The van der Waals surface area contributed by atoms with Crippen LogP contribution in [-0.2, 0) is 11.3 Å². The first-order valence-electron chi connectivity index (χ1n) is 6.93. The first-order valence-corrected chi connectivity index (χ1v) is 7.31. The molecule has 1 amide bonds. The molecule has 0 radical (unpaired) electrons. The predicted octanol–water partition coefficient (Wildman–Crippen LogP) is 2.61. The Morgan fingerprint density at radius 1 is 1.43 bits per heavy atom. The highest BCUT2D eigenvalue weighted by atomic mass is 35.5. The number of carbonyl (C=O) groups is 1. The van der Waals surface area contributed by atoms with E-state index in [0.717, 1.165) is 31.0 Å². The van der Waals surface area contributed by atoms with Crippen LogP contribution in [0.2, 0.25) is 5.15 Å². The van der Waals surface area contributed by atoms with Crippen LogP contribution in [0.25, 0.3) is 0 Å². The second-order valence-corrected chi connectivity index (χ2v) is 5.35. The highest BCUT2D eigenvalue weighted by Crippen LogP contribution is 2.25. The molecule has 5 nitrogen and oxygen atoms in total. The standard InChI is InChI=1S/C15H16ClN3O2/c16-13-6-1-7-14(18-13)19-8-2-5-12(19)15(20)17-10-11-4-3-9-21-11/h1,3-4,6-7,9,12H,2,5,8,10H2,(H,17,20)/t12-/m0/s1. The largest absolute Gasteiger partial charge is 0.467 e. The summed E-state index contributed by atoms with van der Waals surface area (Å²) >= 11 is 5.93. The summed E-state index contributed by atoms with van der Waals surface area (Å²) in [5.74, 6) is 1.48. The summed E-state index contributed by atoms with van der Waals surface area (Å²) in [6.07, 6.45) is 3.38. The van der Waals surface area contributed by atoms with Crippen LogP contribution in [0.1, 0.15) is 18.6 Å². The van der Waals surface area contributed by atoms with Gasteiger partial charge in [-0.15, -0.1) is 0 Å². The zero-order valence-corrected chi connectivity index (χ0v) is 12.2. The summed E-state index contributed by atoms with van der Waals surface area (Å²) in [6, 6.07) is 8.90. The average molecular weight is 306 g/mol. The number of nitrogens with zero attached hydrogens (tertiary/aromatic N) is 2. The van der Waals surface area contributed by atoms with E-state index in [9.17, 15) is 4.79 Å². The van der Waals surface area contributed by atoms with Crippen molar-refractivity contribution in [3.8, 4) is 0 Å². The third-order valence-electron chi connectivity index (χ3n) is 3.57. The molecule has 1 N–H and O–H groups in total. The Labute approximate surface area is 127 Å². The fourth-order valence-electron chi connectivity index (χ4n) is 2.58. The van der Waals surface area contributed by atoms with Crippen molar-refractivity contribution < 1.29 is 9.21 Å². The molecule has 21 heavy (non-hydrogen) atoms. The third-order valence-corrected chi connectivity index (χ3v) is 3.78. The molecule has 0 unspecified atom stereocenters. The molecule has 0 aromatic carbocycles. The summed E-state index contributed by atoms with van der Waals surface area (Å²) in [5, 5.41) is 3.35. The molecule has 1 fully saturated rings. The fourth-order valence-corrected chi connectivity index (χ4v) is 2.74. The van der Waals surface area contributed by atoms with Gasteiger partial charge in [0.1, 0.15) is 22.8 Å². The minimum Gasteiger partial charge on any atom is -0.467 e. The van der Waals surface area contributed by atoms with Crippen molar-refractivity contribution in [3.05, 3.63) is 47.5 Å². The lowest BCUT2D eigenvalue weighted by Gasteiger charge is -2.24. The van der Waals surface area contributed by atoms with Gasteiger partial charge in [-0.25, -0.2) is 4.98 Å². The zero-order valence-electron chi connectivity index (χ0n) is 11.5. The summed E-state index contributed by atoms with van der Waals surface area (Å²) in [5.41, 5.74) is 0. The van der Waals surface area contributed by atoms with Gasteiger partial charge in [0.2, 0.25) is 5.91 Å². The van der Waals surface area contributed by atoms with Gasteiger partial charge in [0.05, 0.1) is 12.8 Å². The molecular formula is C15H16ClN3O2. The van der Waals surface area contributed by atoms with Crippen molar-refractivity contribution in [1.29, 1.82) is 0 Å². The Balaban J connectivity index is 1.67. The van der Waals surface area contributed by atoms with Gasteiger partial charge in [0.15, 0.2) is 0 Å². The number of hydrogen-bond donors (Lipinski definition) is 1. The van der Waals surface area contributed by atoms with Crippen molar-refractivity contribution in [3.63, 3.8) is 0 Å². The SMILES string of the molecule is O=C(NCc1ccco1)[C@@H]1CCCN1c1cccc(Cl)n1. The van der Waals surface area contributed by atoms with Crippen molar-refractivity contribution >= 4 is 23.3 Å². The van der Waals surface area contributed by atoms with Crippen molar-refractivity contribution in [2.24, 2.45) is 0 Å². The van der Waals surface area contributed by atoms with Gasteiger partial charge >= 0.3 is 0 Å². The van der Waals surface area contributed by atoms with Gasteiger partial charge in [-0.05, 0) is 37.1 Å². The van der Waals surface area contributed by atoms with Crippen LogP contribution in [-0.4, -0.2) is 23.5 Å². The van der Waals surface area contributed by atoms with Crippen LogP contribution in [0.3, 0.4) is 0 Å². The summed E-state index contributed by atoms with van der Waals surface area (Å²) in [6.45, 7) is 1.21. The second kappa shape index (κ2) is 6.18. The number of aromatic nitrogens is 1. The lowest BCUT2D eigenvalue weighted by molar-refractivity contribution is -0.122. The van der Waals surface area contributed by atoms with E-state index in [2.05, 4.69) is 10.3 Å². The number of nitrogens with one attached hydrogen (secondary N) is 1. The van der Waals surface area contributed by atoms with Crippen molar-refractivity contribution in [2.75, 3.05) is 11.4 Å². The highest BCUT2D eigenvalue weighted by Gasteiger charge is 2.31. The zero-order chi connectivity index (χ0) is 14.7. The molecule has 2 aromatic heterocycles. The molecule has 110 valence electrons. The van der Waals surface area contributed by atoms with E-state index < -0.39 is 0 Å². The normalized spacial score (nSPS) is 18.0. The Kier molecular flexibility index (Phi) is 4.10. The van der Waals surface area contributed by atoms with Crippen LogP contribution in [0.15, 0.2) is 41.0 Å². The molecule has 1 atom stereocenters. The lowest BCUT2D eigenvalue weighted by atomic mass is 10.2. The van der Waals surface area contributed by atoms with Crippen molar-refractivity contribution in [1.82, 2.24) is 10.3 Å². The molecule has 0 bridgehead atoms. The van der Waals surface area contributed by atoms with Gasteiger partial charge in [-0.3, -0.25) is 4.79 Å². The van der Waals surface area contributed by atoms with Crippen molar-refractivity contribution in [2.45, 2.75) is 25.4 Å². The van der Waals surface area contributed by atoms with Gasteiger partial charge in [0, 0.05) is 6.54 Å². The Hall–Kier alpha value is -2.01. The van der Waals surface area contributed by atoms with E-state index in [1.165, 1.54) is 0 Å². The first kappa shape index (κ1) is 13.9. The number of amides is 1. The summed E-state index contributed by atoms with van der Waals surface area (Å²) < 4.78 is 5.22. The average Bonchev–Trinajstić information content (AvgIpc) is 3.16. The number of pyridine rings is 1. The fraction of sp³-hybridized carbons (Fsp3) is 0.333. The van der Waals surface area contributed by atoms with E-state index in [0.29, 0.717) is 11.7 Å². The Bertz CT molecular complexity index is 615. The number of anilines is 1. The van der Waals surface area contributed by atoms with Gasteiger partial charge in [-0.1, -0.05) is 17.7 Å². The number of furan rings is 1. The smallest absolute Gasteiger partial charge is 0.243 e. The summed E-state index contributed by atoms with van der Waals surface area (Å²) in [4.78, 5) is 18.6. The van der Waals surface area contributed by atoms with Gasteiger partial charge in [-0.2, -0.15) is 0 Å². The quantitative estimate of drug-likeness (QED) is 0.882. The van der Waals surface area contributed by atoms with Crippen LogP contribution in [0, 0.1) is 0 Å². The van der Waals surface area contributed by atoms with Crippen LogP contribution in [0.4, 0.5) is 5.82 Å². The van der Waals surface area contributed by atoms with Gasteiger partial charge < -0.3 is 14.6 Å². The van der Waals surface area contributed by atoms with Gasteiger partial charge in [0.25, 0.3) is 0 Å². The maximum absolute atomic E-state index is 12.4. The third kappa shape index (κ3) is 3.19. The Morgan fingerprint density at radius 3 is 3.10 bits per heavy atom. The molecular weight excluding hydrogens is 290 g/mol. The monoisotopic (exact) mass is 305 g/mol. The molecule has 1 aliphatic rings. The van der Waals surface area contributed by atoms with Crippen LogP contribution in [0.5, 0.6) is 0 Å². The van der Waals surface area contributed by atoms with E-state index in [1.807, 2.05) is 23.1 Å². The number of rotatable bonds is 4. The maximum atomic E-state index is 12.4. The number of halogens is 1. The van der Waals surface area contributed by atoms with Crippen LogP contribution >= 0.6 is 11.6 Å². The molecule has 6 heteroatoms. The molecule has 0 aliphatic carbocycles. The van der Waals surface area contributed by atoms with E-state index >= 15 is 0 Å². The molecule has 0 saturated carbocycles. The van der Waals surface area contributed by atoms with E-state index in [-0.39, 0.29) is 11.9 Å². The van der Waals surface area contributed by atoms with Crippen LogP contribution < -0.4 is 10.2 Å². The summed E-state index contributed by atoms with van der Waals surface area (Å²) in [7, 11) is 0. The molecule has 0 spiro atoms. The highest BCUT2D eigenvalue weighted by molar-refractivity contribution is 6.29. The molecule has 2 aromatic rings. The number of carbonyl (C=O) groups excluding carboxylic acids is 1. The number of hydrogen-bond acceptors (Lipinski definition) is 4. The maximum Gasteiger partial charge on any atom is 0.243 e. The Morgan fingerprint density at radius 2 is 2.33 bits per heavy atom. The molecule has 1 aliphatic heterocycles. The second-order valence-electron chi connectivity index (χ2n) is 4.97. The lowest BCUT2D eigenvalue weighted by Crippen LogP contribution is -2.43. The van der Waals surface area contributed by atoms with E-state index in [1.54, 1.807) is 18.4 Å². The molecule has 1 saturated heterocycles. The predicted molar refractivity (Wildman–Crippen MR) is 80.2 cm³/mol. The topological polar surface area (TPSA) is 58.4 Å². The van der Waals surface area contributed by atoms with E-state index in [4.69, 9.17) is 16.0 Å². The minimum atomic E-state index is -0.203. The molecule has 3 heterocycles. The molecule has 3 rings (SSSR count).